The summed E-state index contributed by atoms with van der Waals surface area (Å²) in [7, 11) is 0. The van der Waals surface area contributed by atoms with Crippen LogP contribution in [0.15, 0.2) is 61.2 Å². The highest BCUT2D eigenvalue weighted by atomic mass is 19.4. The van der Waals surface area contributed by atoms with Crippen LogP contribution in [0.5, 0.6) is 0 Å². The molecule has 0 bridgehead atoms. The zero-order chi connectivity index (χ0) is 28.4. The third-order valence-corrected chi connectivity index (χ3v) is 6.07. The lowest BCUT2D eigenvalue weighted by Crippen LogP contribution is -2.21. The number of amides is 2. The molecular weight excluding hydrogens is 546 g/mol. The first kappa shape index (κ1) is 25.0. The number of halogens is 6. The average molecular weight is 558 g/mol. The zero-order valence-corrected chi connectivity index (χ0v) is 19.5. The summed E-state index contributed by atoms with van der Waals surface area (Å²) < 4.78 is 84.5. The molecule has 0 radical (unpaired) electrons. The molecule has 1 aliphatic rings. The third-order valence-electron chi connectivity index (χ3n) is 6.07. The number of rotatable bonds is 4. The van der Waals surface area contributed by atoms with Gasteiger partial charge in [-0.05, 0) is 24.3 Å². The maximum atomic E-state index is 14.3. The van der Waals surface area contributed by atoms with Crippen LogP contribution in [0.25, 0.3) is 22.1 Å². The average Bonchev–Trinajstić information content (AvgIpc) is 3.64. The van der Waals surface area contributed by atoms with Gasteiger partial charge in [-0.15, -0.1) is 0 Å². The lowest BCUT2D eigenvalue weighted by molar-refractivity contribution is -0.143. The summed E-state index contributed by atoms with van der Waals surface area (Å²) >= 11 is 0. The van der Waals surface area contributed by atoms with E-state index in [-0.39, 0.29) is 27.8 Å². The summed E-state index contributed by atoms with van der Waals surface area (Å²) in [5, 5.41) is 16.2. The lowest BCUT2D eigenvalue weighted by atomic mass is 10.1. The van der Waals surface area contributed by atoms with Gasteiger partial charge in [0.05, 0.1) is 52.9 Å². The lowest BCUT2D eigenvalue weighted by Gasteiger charge is -2.16. The van der Waals surface area contributed by atoms with E-state index in [0.717, 1.165) is 35.5 Å². The molecule has 10 nitrogen and oxygen atoms in total. The highest BCUT2D eigenvalue weighted by Gasteiger charge is 2.41. The first-order valence-electron chi connectivity index (χ1n) is 11.2. The predicted octanol–water partition coefficient (Wildman–Crippen LogP) is 4.86. The van der Waals surface area contributed by atoms with Crippen molar-refractivity contribution in [3.63, 3.8) is 0 Å². The number of nitrogens with zero attached hydrogens (tertiary/aromatic N) is 6. The molecule has 16 heteroatoms. The Hall–Kier alpha value is -5.28. The minimum Gasteiger partial charge on any atom is -0.322 e. The summed E-state index contributed by atoms with van der Waals surface area (Å²) in [5.41, 5.74) is -4.50. The largest absolute Gasteiger partial charge is 0.434 e. The SMILES string of the molecule is O=C(Nc1ccc(-n2nccn2)c(C(F)(F)F)c1)c1cnn(-c2cnc3c4c(cccc24)C(=O)N3)c1C(F)(F)F. The van der Waals surface area contributed by atoms with Crippen molar-refractivity contribution in [3.05, 3.63) is 83.6 Å². The molecule has 0 saturated heterocycles. The van der Waals surface area contributed by atoms with Crippen LogP contribution in [-0.2, 0) is 12.4 Å². The molecule has 0 fully saturated rings. The zero-order valence-electron chi connectivity index (χ0n) is 19.5. The number of carbonyl (C=O) groups is 2. The minimum absolute atomic E-state index is 0.159. The van der Waals surface area contributed by atoms with E-state index in [9.17, 15) is 35.9 Å². The fourth-order valence-corrected chi connectivity index (χ4v) is 4.43. The molecular formula is C24H12F6N8O2. The number of anilines is 2. The van der Waals surface area contributed by atoms with Crippen LogP contribution in [0, 0.1) is 0 Å². The molecule has 0 spiro atoms. The number of aromatic nitrogens is 6. The van der Waals surface area contributed by atoms with Crippen molar-refractivity contribution < 1.29 is 35.9 Å². The summed E-state index contributed by atoms with van der Waals surface area (Å²) in [4.78, 5) is 29.9. The first-order valence-corrected chi connectivity index (χ1v) is 11.2. The second-order valence-electron chi connectivity index (χ2n) is 8.49. The third kappa shape index (κ3) is 4.00. The minimum atomic E-state index is -5.12. The normalized spacial score (nSPS) is 13.1. The Morgan fingerprint density at radius 1 is 0.900 bits per heavy atom. The van der Waals surface area contributed by atoms with Crippen molar-refractivity contribution in [2.45, 2.75) is 12.4 Å². The Balaban J connectivity index is 1.42. The molecule has 4 heterocycles. The Labute approximate surface area is 218 Å². The highest BCUT2D eigenvalue weighted by Crippen LogP contribution is 2.39. The van der Waals surface area contributed by atoms with E-state index in [1.165, 1.54) is 18.2 Å². The van der Waals surface area contributed by atoms with Gasteiger partial charge in [0.2, 0.25) is 0 Å². The van der Waals surface area contributed by atoms with E-state index in [2.05, 4.69) is 30.9 Å². The molecule has 0 saturated carbocycles. The molecule has 0 unspecified atom stereocenters. The van der Waals surface area contributed by atoms with Gasteiger partial charge in [0.25, 0.3) is 11.8 Å². The van der Waals surface area contributed by atoms with Crippen molar-refractivity contribution in [3.8, 4) is 11.4 Å². The van der Waals surface area contributed by atoms with Gasteiger partial charge in [-0.2, -0.15) is 46.4 Å². The van der Waals surface area contributed by atoms with Crippen molar-refractivity contribution in [1.82, 2.24) is 29.8 Å². The van der Waals surface area contributed by atoms with Gasteiger partial charge in [-0.1, -0.05) is 12.1 Å². The Morgan fingerprint density at radius 2 is 1.65 bits per heavy atom. The van der Waals surface area contributed by atoms with Crippen LogP contribution in [0.2, 0.25) is 0 Å². The topological polar surface area (TPSA) is 120 Å². The van der Waals surface area contributed by atoms with Gasteiger partial charge in [-0.3, -0.25) is 9.59 Å². The standard InChI is InChI=1S/C24H12F6N8O2/c25-23(26,27)15-8-11(4-5-16(15)38-32-6-7-33-38)35-22(40)14-9-34-37(19(14)24(28,29)30)17-10-31-20-18-12(17)2-1-3-13(18)21(39)36-20/h1-10H,(H,35,40)(H,31,36,39). The van der Waals surface area contributed by atoms with Crippen molar-refractivity contribution >= 4 is 34.1 Å². The molecule has 2 aromatic carbocycles. The molecule has 5 aromatic rings. The Kier molecular flexibility index (Phi) is 5.39. The smallest absolute Gasteiger partial charge is 0.322 e. The van der Waals surface area contributed by atoms with Crippen LogP contribution >= 0.6 is 0 Å². The predicted molar refractivity (Wildman–Crippen MR) is 126 cm³/mol. The molecule has 0 atom stereocenters. The number of hydrogen-bond acceptors (Lipinski definition) is 6. The van der Waals surface area contributed by atoms with Crippen molar-refractivity contribution in [1.29, 1.82) is 0 Å². The van der Waals surface area contributed by atoms with Gasteiger partial charge in [0, 0.05) is 16.5 Å². The summed E-state index contributed by atoms with van der Waals surface area (Å²) in [6.45, 7) is 0. The van der Waals surface area contributed by atoms with Gasteiger partial charge in [0.1, 0.15) is 5.82 Å². The highest BCUT2D eigenvalue weighted by molar-refractivity contribution is 6.24. The maximum Gasteiger partial charge on any atom is 0.434 e. The van der Waals surface area contributed by atoms with Crippen LogP contribution < -0.4 is 10.6 Å². The first-order chi connectivity index (χ1) is 18.9. The van der Waals surface area contributed by atoms with Crippen LogP contribution in [0.1, 0.15) is 32.0 Å². The van der Waals surface area contributed by atoms with Gasteiger partial charge in [-0.25, -0.2) is 9.67 Å². The van der Waals surface area contributed by atoms with Gasteiger partial charge >= 0.3 is 12.4 Å². The number of alkyl halides is 6. The van der Waals surface area contributed by atoms with Gasteiger partial charge in [0.15, 0.2) is 5.69 Å². The molecule has 6 rings (SSSR count). The number of carbonyl (C=O) groups excluding carboxylic acids is 2. The number of pyridine rings is 1. The van der Waals surface area contributed by atoms with E-state index in [1.807, 2.05) is 0 Å². The van der Waals surface area contributed by atoms with E-state index in [0.29, 0.717) is 16.9 Å². The van der Waals surface area contributed by atoms with Gasteiger partial charge < -0.3 is 10.6 Å². The Bertz CT molecular complexity index is 1830. The van der Waals surface area contributed by atoms with E-state index >= 15 is 0 Å². The van der Waals surface area contributed by atoms with Crippen LogP contribution in [-0.4, -0.2) is 41.6 Å². The number of nitrogens with one attached hydrogen (secondary N) is 2. The Morgan fingerprint density at radius 3 is 2.35 bits per heavy atom. The fraction of sp³-hybridized carbons (Fsp3) is 0.0833. The second kappa shape index (κ2) is 8.62. The maximum absolute atomic E-state index is 14.3. The van der Waals surface area contributed by atoms with Crippen LogP contribution in [0.3, 0.4) is 0 Å². The fourth-order valence-electron chi connectivity index (χ4n) is 4.43. The molecule has 3 aromatic heterocycles. The van der Waals surface area contributed by atoms with E-state index in [4.69, 9.17) is 0 Å². The summed E-state index contributed by atoms with van der Waals surface area (Å²) in [5.74, 6) is -1.67. The molecule has 40 heavy (non-hydrogen) atoms. The van der Waals surface area contributed by atoms with Crippen LogP contribution in [0.4, 0.5) is 37.8 Å². The summed E-state index contributed by atoms with van der Waals surface area (Å²) in [6.07, 6.45) is -5.97. The molecule has 1 aliphatic heterocycles. The van der Waals surface area contributed by atoms with Crippen molar-refractivity contribution in [2.24, 2.45) is 0 Å². The molecule has 2 N–H and O–H groups in total. The molecule has 2 amide bonds. The second-order valence-corrected chi connectivity index (χ2v) is 8.49. The van der Waals surface area contributed by atoms with Crippen molar-refractivity contribution in [2.75, 3.05) is 10.6 Å². The molecule has 202 valence electrons. The number of hydrogen-bond donors (Lipinski definition) is 2. The number of benzene rings is 2. The summed E-state index contributed by atoms with van der Waals surface area (Å²) in [6, 6.07) is 7.03. The molecule has 0 aliphatic carbocycles. The van der Waals surface area contributed by atoms with E-state index < -0.39 is 52.4 Å². The monoisotopic (exact) mass is 558 g/mol. The van der Waals surface area contributed by atoms with E-state index in [1.54, 1.807) is 0 Å². The quantitative estimate of drug-likeness (QED) is 0.304.